The van der Waals surface area contributed by atoms with Crippen LogP contribution in [0.3, 0.4) is 0 Å². The summed E-state index contributed by atoms with van der Waals surface area (Å²) in [5.41, 5.74) is 6.10. The molecule has 0 saturated carbocycles. The summed E-state index contributed by atoms with van der Waals surface area (Å²) in [4.78, 5) is 9.91. The first-order chi connectivity index (χ1) is 22.2. The molecule has 0 saturated heterocycles. The molecule has 0 radical (unpaired) electrons. The van der Waals surface area contributed by atoms with E-state index in [4.69, 9.17) is 16.8 Å². The minimum Gasteiger partial charge on any atom is -0.292 e. The van der Waals surface area contributed by atoms with Gasteiger partial charge in [0, 0.05) is 28.6 Å². The third-order valence-corrected chi connectivity index (χ3v) is 13.8. The summed E-state index contributed by atoms with van der Waals surface area (Å²) in [6.07, 6.45) is 1.84. The molecule has 212 valence electrons. The van der Waals surface area contributed by atoms with Gasteiger partial charge in [0.25, 0.3) is 0 Å². The van der Waals surface area contributed by atoms with Crippen LogP contribution in [0.25, 0.3) is 60.4 Å². The van der Waals surface area contributed by atoms with Gasteiger partial charge in [-0.1, -0.05) is 127 Å². The van der Waals surface area contributed by atoms with E-state index in [0.29, 0.717) is 0 Å². The van der Waals surface area contributed by atoms with Crippen molar-refractivity contribution in [1.82, 2.24) is 14.4 Å². The van der Waals surface area contributed by atoms with Gasteiger partial charge in [0.2, 0.25) is 0 Å². The fourth-order valence-electron chi connectivity index (χ4n) is 6.77. The Labute approximate surface area is 265 Å². The summed E-state index contributed by atoms with van der Waals surface area (Å²) in [7, 11) is 0. The smallest absolute Gasteiger partial charge is 0.147 e. The van der Waals surface area contributed by atoms with Gasteiger partial charge in [0.1, 0.15) is 5.65 Å². The van der Waals surface area contributed by atoms with Crippen molar-refractivity contribution >= 4 is 82.9 Å². The summed E-state index contributed by atoms with van der Waals surface area (Å²) >= 11 is 6.78. The molecule has 3 aromatic heterocycles. The van der Waals surface area contributed by atoms with Gasteiger partial charge in [-0.15, -0.1) is 0 Å². The fourth-order valence-corrected chi connectivity index (χ4v) is 10.5. The van der Waals surface area contributed by atoms with Gasteiger partial charge in [-0.2, -0.15) is 0 Å². The third-order valence-electron chi connectivity index (χ3n) is 8.88. The SMILES string of the molecule is S=P(c1ccccc1)(c1ccccc1)c1ccc2c(c1)c1ccc3ccccc3c1c1nc3ccc(-c4ccccn4)cc3n21. The number of benzene rings is 6. The minimum atomic E-state index is -2.35. The average Bonchev–Trinajstić information content (AvgIpc) is 3.51. The lowest BCUT2D eigenvalue weighted by atomic mass is 9.99. The highest BCUT2D eigenvalue weighted by Gasteiger charge is 2.26. The Kier molecular flexibility index (Phi) is 5.96. The normalized spacial score (nSPS) is 12.1. The van der Waals surface area contributed by atoms with Crippen LogP contribution in [-0.2, 0) is 11.8 Å². The van der Waals surface area contributed by atoms with Gasteiger partial charge in [0.15, 0.2) is 0 Å². The maximum absolute atomic E-state index is 6.78. The largest absolute Gasteiger partial charge is 0.292 e. The van der Waals surface area contributed by atoms with E-state index in [2.05, 4.69) is 149 Å². The molecule has 0 N–H and O–H groups in total. The van der Waals surface area contributed by atoms with Crippen LogP contribution >= 0.6 is 6.04 Å². The molecule has 0 bridgehead atoms. The van der Waals surface area contributed by atoms with Gasteiger partial charge in [-0.3, -0.25) is 9.38 Å². The minimum absolute atomic E-state index is 0.943. The molecule has 6 aromatic carbocycles. The molecular weight excluding hydrogens is 586 g/mol. The molecule has 5 heteroatoms. The maximum Gasteiger partial charge on any atom is 0.147 e. The van der Waals surface area contributed by atoms with Gasteiger partial charge in [0.05, 0.1) is 22.2 Å². The van der Waals surface area contributed by atoms with E-state index >= 15 is 0 Å². The molecular formula is C40H26N3PS. The van der Waals surface area contributed by atoms with Crippen molar-refractivity contribution in [1.29, 1.82) is 0 Å². The average molecular weight is 612 g/mol. The van der Waals surface area contributed by atoms with E-state index in [0.717, 1.165) is 38.8 Å². The Hall–Kier alpha value is -5.15. The first-order valence-corrected chi connectivity index (χ1v) is 17.8. The number of hydrogen-bond acceptors (Lipinski definition) is 3. The van der Waals surface area contributed by atoms with Gasteiger partial charge < -0.3 is 0 Å². The second kappa shape index (κ2) is 10.2. The Morgan fingerprint density at radius 1 is 0.533 bits per heavy atom. The highest BCUT2D eigenvalue weighted by Crippen LogP contribution is 2.45. The number of pyridine rings is 2. The number of nitrogens with zero attached hydrogens (tertiary/aromatic N) is 3. The first-order valence-electron chi connectivity index (χ1n) is 15.0. The van der Waals surface area contributed by atoms with E-state index in [1.165, 1.54) is 37.5 Å². The van der Waals surface area contributed by atoms with E-state index in [1.807, 2.05) is 18.3 Å². The van der Waals surface area contributed by atoms with Crippen LogP contribution in [0.15, 0.2) is 158 Å². The molecule has 0 unspecified atom stereocenters. The standard InChI is InChI=1S/C40H26N3PS/c45-44(29-12-3-1-4-13-29,30-14-5-2-6-15-30)31-20-23-37-34(26-31)33-21-18-27-11-7-8-16-32(27)39(33)40-42-36-22-19-28(25-38(36)43(37)40)35-17-9-10-24-41-35/h1-26H. The predicted octanol–water partition coefficient (Wildman–Crippen LogP) is 8.76. The van der Waals surface area contributed by atoms with Crippen LogP contribution in [-0.4, -0.2) is 14.4 Å². The van der Waals surface area contributed by atoms with Crippen LogP contribution in [0.2, 0.25) is 0 Å². The van der Waals surface area contributed by atoms with Crippen molar-refractivity contribution < 1.29 is 0 Å². The Bertz CT molecular complexity index is 2570. The molecule has 9 rings (SSSR count). The molecule has 0 spiro atoms. The zero-order valence-electron chi connectivity index (χ0n) is 24.2. The Balaban J connectivity index is 1.44. The first kappa shape index (κ1) is 26.3. The number of rotatable bonds is 4. The topological polar surface area (TPSA) is 30.2 Å². The van der Waals surface area contributed by atoms with Crippen LogP contribution in [0.4, 0.5) is 0 Å². The van der Waals surface area contributed by atoms with Crippen LogP contribution < -0.4 is 15.9 Å². The monoisotopic (exact) mass is 611 g/mol. The molecule has 45 heavy (non-hydrogen) atoms. The highest BCUT2D eigenvalue weighted by molar-refractivity contribution is 8.25. The van der Waals surface area contributed by atoms with Crippen LogP contribution in [0, 0.1) is 0 Å². The molecule has 3 nitrogen and oxygen atoms in total. The number of fused-ring (bicyclic) bond motifs is 10. The highest BCUT2D eigenvalue weighted by atomic mass is 32.4. The number of hydrogen-bond donors (Lipinski definition) is 0. The van der Waals surface area contributed by atoms with Gasteiger partial charge in [-0.05, 0) is 68.5 Å². The zero-order valence-corrected chi connectivity index (χ0v) is 25.9. The zero-order chi connectivity index (χ0) is 30.0. The molecule has 0 atom stereocenters. The van der Waals surface area contributed by atoms with Crippen molar-refractivity contribution in [2.75, 3.05) is 0 Å². The third kappa shape index (κ3) is 4.00. The molecule has 0 aliphatic carbocycles. The molecule has 0 amide bonds. The second-order valence-corrected chi connectivity index (χ2v) is 15.8. The summed E-state index contributed by atoms with van der Waals surface area (Å²) in [5, 5.41) is 9.45. The Morgan fingerprint density at radius 2 is 1.27 bits per heavy atom. The van der Waals surface area contributed by atoms with Crippen LogP contribution in [0.5, 0.6) is 0 Å². The molecule has 0 aliphatic heterocycles. The quantitative estimate of drug-likeness (QED) is 0.147. The summed E-state index contributed by atoms with van der Waals surface area (Å²) in [6.45, 7) is 0. The van der Waals surface area contributed by atoms with Crippen molar-refractivity contribution in [3.63, 3.8) is 0 Å². The summed E-state index contributed by atoms with van der Waals surface area (Å²) < 4.78 is 2.34. The van der Waals surface area contributed by atoms with E-state index < -0.39 is 6.04 Å². The van der Waals surface area contributed by atoms with Crippen molar-refractivity contribution in [2.45, 2.75) is 0 Å². The second-order valence-electron chi connectivity index (χ2n) is 11.4. The summed E-state index contributed by atoms with van der Waals surface area (Å²) in [6, 6.07) is 51.4. The maximum atomic E-state index is 6.78. The van der Waals surface area contributed by atoms with Crippen molar-refractivity contribution in [2.24, 2.45) is 0 Å². The molecule has 3 heterocycles. The molecule has 0 aliphatic rings. The number of aromatic nitrogens is 3. The van der Waals surface area contributed by atoms with Crippen molar-refractivity contribution in [3.05, 3.63) is 158 Å². The van der Waals surface area contributed by atoms with Gasteiger partial charge in [-0.25, -0.2) is 4.98 Å². The van der Waals surface area contributed by atoms with E-state index in [9.17, 15) is 0 Å². The number of imidazole rings is 1. The van der Waals surface area contributed by atoms with Gasteiger partial charge >= 0.3 is 0 Å². The van der Waals surface area contributed by atoms with E-state index in [1.54, 1.807) is 0 Å². The predicted molar refractivity (Wildman–Crippen MR) is 195 cm³/mol. The lowest BCUT2D eigenvalue weighted by molar-refractivity contribution is 1.31. The Morgan fingerprint density at radius 3 is 2.02 bits per heavy atom. The fraction of sp³-hybridized carbons (Fsp3) is 0. The van der Waals surface area contributed by atoms with E-state index in [-0.39, 0.29) is 0 Å². The van der Waals surface area contributed by atoms with Crippen LogP contribution in [0.1, 0.15) is 0 Å². The molecule has 9 aromatic rings. The summed E-state index contributed by atoms with van der Waals surface area (Å²) in [5.74, 6) is 0. The lowest BCUT2D eigenvalue weighted by Crippen LogP contribution is -2.24. The van der Waals surface area contributed by atoms with Crippen molar-refractivity contribution in [3.8, 4) is 11.3 Å². The molecule has 0 fully saturated rings. The lowest BCUT2D eigenvalue weighted by Gasteiger charge is -2.25.